The van der Waals surface area contributed by atoms with Crippen molar-refractivity contribution in [1.82, 2.24) is 9.97 Å². The highest BCUT2D eigenvalue weighted by atomic mass is 79.9. The molecule has 0 saturated heterocycles. The van der Waals surface area contributed by atoms with Crippen LogP contribution in [-0.2, 0) is 0 Å². The highest BCUT2D eigenvalue weighted by molar-refractivity contribution is 9.10. The summed E-state index contributed by atoms with van der Waals surface area (Å²) in [4.78, 5) is 19.1. The monoisotopic (exact) mass is 360 g/mol. The molecular weight excluding hydrogens is 351 g/mol. The Morgan fingerprint density at radius 2 is 2.00 bits per heavy atom. The molecule has 1 N–H and O–H groups in total. The zero-order valence-corrected chi connectivity index (χ0v) is 13.4. The Morgan fingerprint density at radius 3 is 2.63 bits per heavy atom. The number of nitrogens with one attached hydrogen (secondary N) is 1. The predicted octanol–water partition coefficient (Wildman–Crippen LogP) is 4.63. The van der Waals surface area contributed by atoms with Gasteiger partial charge >= 0.3 is 0 Å². The molecule has 0 fully saturated rings. The minimum Gasteiger partial charge on any atom is -0.305 e. The van der Waals surface area contributed by atoms with E-state index in [0.29, 0.717) is 31.6 Å². The standard InChI is InChI=1S/C13H11BrCl2N2O/c1-6(2)11-10(14)13(19)18-12(17-11)8-5-7(15)3-4-9(8)16/h3-6H,1-2H3,(H,17,18,19). The molecule has 0 aliphatic heterocycles. The van der Waals surface area contributed by atoms with Crippen LogP contribution in [0.3, 0.4) is 0 Å². The summed E-state index contributed by atoms with van der Waals surface area (Å²) in [6.45, 7) is 3.94. The maximum atomic E-state index is 11.9. The van der Waals surface area contributed by atoms with Gasteiger partial charge in [0.1, 0.15) is 10.3 Å². The lowest BCUT2D eigenvalue weighted by Crippen LogP contribution is -2.14. The molecule has 1 aromatic carbocycles. The number of hydrogen-bond acceptors (Lipinski definition) is 2. The number of halogens is 3. The van der Waals surface area contributed by atoms with Gasteiger partial charge in [-0.1, -0.05) is 37.0 Å². The third-order valence-corrected chi connectivity index (χ3v) is 3.95. The van der Waals surface area contributed by atoms with Crippen LogP contribution in [0.4, 0.5) is 0 Å². The molecule has 0 atom stereocenters. The second kappa shape index (κ2) is 5.65. The van der Waals surface area contributed by atoms with Crippen molar-refractivity contribution in [3.63, 3.8) is 0 Å². The molecule has 2 aromatic rings. The number of aromatic amines is 1. The molecular formula is C13H11BrCl2N2O. The Hall–Kier alpha value is -0.840. The molecule has 0 spiro atoms. The fraction of sp³-hybridized carbons (Fsp3) is 0.231. The zero-order chi connectivity index (χ0) is 14.2. The van der Waals surface area contributed by atoms with E-state index in [0.717, 1.165) is 0 Å². The first-order valence-electron chi connectivity index (χ1n) is 5.65. The van der Waals surface area contributed by atoms with Gasteiger partial charge in [0.25, 0.3) is 5.56 Å². The van der Waals surface area contributed by atoms with Crippen molar-refractivity contribution in [1.29, 1.82) is 0 Å². The molecule has 0 saturated carbocycles. The van der Waals surface area contributed by atoms with Gasteiger partial charge in [0.15, 0.2) is 0 Å². The SMILES string of the molecule is CC(C)c1nc(-c2cc(Cl)ccc2Cl)[nH]c(=O)c1Br. The first-order valence-corrected chi connectivity index (χ1v) is 7.20. The van der Waals surface area contributed by atoms with Crippen molar-refractivity contribution in [2.24, 2.45) is 0 Å². The van der Waals surface area contributed by atoms with Crippen LogP contribution in [0.25, 0.3) is 11.4 Å². The van der Waals surface area contributed by atoms with Crippen LogP contribution in [0.1, 0.15) is 25.5 Å². The Balaban J connectivity index is 2.70. The molecule has 1 aromatic heterocycles. The number of hydrogen-bond donors (Lipinski definition) is 1. The van der Waals surface area contributed by atoms with Crippen molar-refractivity contribution in [2.75, 3.05) is 0 Å². The van der Waals surface area contributed by atoms with Gasteiger partial charge in [-0.05, 0) is 40.0 Å². The zero-order valence-electron chi connectivity index (χ0n) is 10.3. The van der Waals surface area contributed by atoms with Crippen molar-refractivity contribution < 1.29 is 0 Å². The third kappa shape index (κ3) is 3.02. The number of rotatable bonds is 2. The Kier molecular flexibility index (Phi) is 4.33. The fourth-order valence-electron chi connectivity index (χ4n) is 1.67. The summed E-state index contributed by atoms with van der Waals surface area (Å²) in [6.07, 6.45) is 0. The van der Waals surface area contributed by atoms with E-state index in [1.54, 1.807) is 18.2 Å². The lowest BCUT2D eigenvalue weighted by atomic mass is 10.1. The average Bonchev–Trinajstić information content (AvgIpc) is 2.35. The maximum absolute atomic E-state index is 11.9. The molecule has 1 heterocycles. The van der Waals surface area contributed by atoms with Crippen molar-refractivity contribution >= 4 is 39.1 Å². The van der Waals surface area contributed by atoms with Crippen LogP contribution in [0.15, 0.2) is 27.5 Å². The van der Waals surface area contributed by atoms with Crippen molar-refractivity contribution in [3.05, 3.63) is 48.8 Å². The Morgan fingerprint density at radius 1 is 1.32 bits per heavy atom. The number of aromatic nitrogens is 2. The van der Waals surface area contributed by atoms with Crippen molar-refractivity contribution in [3.8, 4) is 11.4 Å². The molecule has 0 bridgehead atoms. The molecule has 0 aliphatic rings. The highest BCUT2D eigenvalue weighted by Crippen LogP contribution is 2.29. The molecule has 2 rings (SSSR count). The Labute approximate surface area is 129 Å². The molecule has 0 unspecified atom stereocenters. The smallest absolute Gasteiger partial charge is 0.265 e. The van der Waals surface area contributed by atoms with E-state index in [-0.39, 0.29) is 11.5 Å². The number of nitrogens with zero attached hydrogens (tertiary/aromatic N) is 1. The molecule has 0 amide bonds. The second-order valence-electron chi connectivity index (χ2n) is 4.39. The van der Waals surface area contributed by atoms with E-state index in [9.17, 15) is 4.79 Å². The van der Waals surface area contributed by atoms with E-state index in [2.05, 4.69) is 25.9 Å². The first-order chi connectivity index (χ1) is 8.90. The number of H-pyrrole nitrogens is 1. The normalized spacial score (nSPS) is 11.1. The van der Waals surface area contributed by atoms with Crippen LogP contribution in [0.2, 0.25) is 10.0 Å². The third-order valence-electron chi connectivity index (χ3n) is 2.62. The summed E-state index contributed by atoms with van der Waals surface area (Å²) in [5.74, 6) is 0.540. The van der Waals surface area contributed by atoms with Crippen LogP contribution < -0.4 is 5.56 Å². The fourth-order valence-corrected chi connectivity index (χ4v) is 2.69. The number of benzene rings is 1. The summed E-state index contributed by atoms with van der Waals surface area (Å²) < 4.78 is 0.449. The van der Waals surface area contributed by atoms with E-state index >= 15 is 0 Å². The topological polar surface area (TPSA) is 45.8 Å². The maximum Gasteiger partial charge on any atom is 0.265 e. The second-order valence-corrected chi connectivity index (χ2v) is 6.03. The Bertz CT molecular complexity index is 683. The van der Waals surface area contributed by atoms with E-state index in [4.69, 9.17) is 23.2 Å². The van der Waals surface area contributed by atoms with Gasteiger partial charge < -0.3 is 4.98 Å². The lowest BCUT2D eigenvalue weighted by molar-refractivity contribution is 0.803. The van der Waals surface area contributed by atoms with E-state index in [1.165, 1.54) is 0 Å². The quantitative estimate of drug-likeness (QED) is 0.847. The summed E-state index contributed by atoms with van der Waals surface area (Å²) in [5, 5.41) is 1.03. The van der Waals surface area contributed by atoms with Crippen LogP contribution >= 0.6 is 39.1 Å². The van der Waals surface area contributed by atoms with Crippen molar-refractivity contribution in [2.45, 2.75) is 19.8 Å². The summed E-state index contributed by atoms with van der Waals surface area (Å²) in [7, 11) is 0. The van der Waals surface area contributed by atoms with Gasteiger partial charge in [-0.3, -0.25) is 4.79 Å². The predicted molar refractivity (Wildman–Crippen MR) is 82.1 cm³/mol. The van der Waals surface area contributed by atoms with Crippen LogP contribution in [-0.4, -0.2) is 9.97 Å². The summed E-state index contributed by atoms with van der Waals surface area (Å²) in [6, 6.07) is 5.05. The molecule has 3 nitrogen and oxygen atoms in total. The van der Waals surface area contributed by atoms with Crippen LogP contribution in [0, 0.1) is 0 Å². The highest BCUT2D eigenvalue weighted by Gasteiger charge is 2.15. The van der Waals surface area contributed by atoms with E-state index in [1.807, 2.05) is 13.8 Å². The molecule has 0 radical (unpaired) electrons. The summed E-state index contributed by atoms with van der Waals surface area (Å²) in [5.41, 5.74) is 1.07. The van der Waals surface area contributed by atoms with Crippen LogP contribution in [0.5, 0.6) is 0 Å². The van der Waals surface area contributed by atoms with Gasteiger partial charge in [0, 0.05) is 10.6 Å². The van der Waals surface area contributed by atoms with Gasteiger partial charge in [0.2, 0.25) is 0 Å². The minimum atomic E-state index is -0.232. The van der Waals surface area contributed by atoms with Gasteiger partial charge in [-0.25, -0.2) is 4.98 Å². The molecule has 0 aliphatic carbocycles. The minimum absolute atomic E-state index is 0.119. The largest absolute Gasteiger partial charge is 0.305 e. The average molecular weight is 362 g/mol. The van der Waals surface area contributed by atoms with Gasteiger partial charge in [0.05, 0.1) is 10.7 Å². The first kappa shape index (κ1) is 14.6. The molecule has 19 heavy (non-hydrogen) atoms. The molecule has 100 valence electrons. The van der Waals surface area contributed by atoms with Gasteiger partial charge in [-0.15, -0.1) is 0 Å². The molecule has 6 heteroatoms. The van der Waals surface area contributed by atoms with E-state index < -0.39 is 0 Å². The van der Waals surface area contributed by atoms with Gasteiger partial charge in [-0.2, -0.15) is 0 Å². The lowest BCUT2D eigenvalue weighted by Gasteiger charge is -2.10. The summed E-state index contributed by atoms with van der Waals surface area (Å²) >= 11 is 15.3.